The van der Waals surface area contributed by atoms with Crippen molar-refractivity contribution in [3.63, 3.8) is 0 Å². The number of hydrogen-bond donors (Lipinski definition) is 2. The van der Waals surface area contributed by atoms with Gasteiger partial charge < -0.3 is 10.6 Å². The SMILES string of the molecule is Brc1cnc(NC[C@H]2NC[C@@H]3C[C@@H]32)nc1. The molecule has 0 amide bonds. The van der Waals surface area contributed by atoms with Crippen LogP contribution in [0.1, 0.15) is 6.42 Å². The van der Waals surface area contributed by atoms with Gasteiger partial charge in [-0.2, -0.15) is 0 Å². The van der Waals surface area contributed by atoms with Crippen LogP contribution in [0.15, 0.2) is 16.9 Å². The molecule has 80 valence electrons. The maximum Gasteiger partial charge on any atom is 0.222 e. The van der Waals surface area contributed by atoms with Gasteiger partial charge in [-0.15, -0.1) is 0 Å². The van der Waals surface area contributed by atoms with E-state index in [1.807, 2.05) is 0 Å². The van der Waals surface area contributed by atoms with Crippen molar-refractivity contribution in [1.82, 2.24) is 15.3 Å². The molecule has 3 rings (SSSR count). The highest BCUT2D eigenvalue weighted by atomic mass is 79.9. The van der Waals surface area contributed by atoms with Crippen LogP contribution < -0.4 is 10.6 Å². The molecule has 2 fully saturated rings. The molecule has 1 saturated heterocycles. The Bertz CT molecular complexity index is 353. The zero-order chi connectivity index (χ0) is 10.3. The molecule has 1 saturated carbocycles. The summed E-state index contributed by atoms with van der Waals surface area (Å²) in [4.78, 5) is 8.36. The molecule has 1 aliphatic heterocycles. The lowest BCUT2D eigenvalue weighted by atomic mass is 10.2. The average molecular weight is 269 g/mol. The van der Waals surface area contributed by atoms with Crippen LogP contribution in [0, 0.1) is 11.8 Å². The fourth-order valence-corrected chi connectivity index (χ4v) is 2.49. The summed E-state index contributed by atoms with van der Waals surface area (Å²) in [7, 11) is 0. The Balaban J connectivity index is 1.55. The van der Waals surface area contributed by atoms with Crippen molar-refractivity contribution < 1.29 is 0 Å². The highest BCUT2D eigenvalue weighted by molar-refractivity contribution is 9.10. The molecular weight excluding hydrogens is 256 g/mol. The lowest BCUT2D eigenvalue weighted by Gasteiger charge is -2.13. The molecule has 4 nitrogen and oxygen atoms in total. The van der Waals surface area contributed by atoms with Crippen molar-refractivity contribution in [2.24, 2.45) is 11.8 Å². The van der Waals surface area contributed by atoms with Crippen molar-refractivity contribution in [2.75, 3.05) is 18.4 Å². The monoisotopic (exact) mass is 268 g/mol. The second-order valence-corrected chi connectivity index (χ2v) is 5.20. The van der Waals surface area contributed by atoms with Crippen molar-refractivity contribution in [3.8, 4) is 0 Å². The largest absolute Gasteiger partial charge is 0.353 e. The van der Waals surface area contributed by atoms with E-state index in [0.29, 0.717) is 12.0 Å². The van der Waals surface area contributed by atoms with E-state index in [2.05, 4.69) is 36.5 Å². The Labute approximate surface area is 97.0 Å². The first-order valence-electron chi connectivity index (χ1n) is 5.28. The fraction of sp³-hybridized carbons (Fsp3) is 0.600. The predicted molar refractivity (Wildman–Crippen MR) is 61.6 cm³/mol. The van der Waals surface area contributed by atoms with Crippen molar-refractivity contribution in [1.29, 1.82) is 0 Å². The van der Waals surface area contributed by atoms with Crippen molar-refractivity contribution >= 4 is 21.9 Å². The lowest BCUT2D eigenvalue weighted by Crippen LogP contribution is -2.33. The molecule has 15 heavy (non-hydrogen) atoms. The Hall–Kier alpha value is -0.680. The van der Waals surface area contributed by atoms with Crippen molar-refractivity contribution in [2.45, 2.75) is 12.5 Å². The topological polar surface area (TPSA) is 49.8 Å². The Morgan fingerprint density at radius 1 is 1.47 bits per heavy atom. The maximum atomic E-state index is 4.18. The lowest BCUT2D eigenvalue weighted by molar-refractivity contribution is 0.555. The zero-order valence-electron chi connectivity index (χ0n) is 8.28. The molecular formula is C10H13BrN4. The van der Waals surface area contributed by atoms with Crippen LogP contribution in [-0.2, 0) is 0 Å². The van der Waals surface area contributed by atoms with Gasteiger partial charge in [0.15, 0.2) is 0 Å². The summed E-state index contributed by atoms with van der Waals surface area (Å²) >= 11 is 3.31. The number of nitrogens with one attached hydrogen (secondary N) is 2. The zero-order valence-corrected chi connectivity index (χ0v) is 9.87. The Kier molecular flexibility index (Phi) is 2.36. The van der Waals surface area contributed by atoms with E-state index in [9.17, 15) is 0 Å². The second kappa shape index (κ2) is 3.72. The molecule has 1 aromatic rings. The highest BCUT2D eigenvalue weighted by Gasteiger charge is 2.47. The number of piperidine rings is 1. The third kappa shape index (κ3) is 1.99. The molecule has 2 heterocycles. The third-order valence-electron chi connectivity index (χ3n) is 3.24. The minimum Gasteiger partial charge on any atom is -0.353 e. The highest BCUT2D eigenvalue weighted by Crippen LogP contribution is 2.44. The quantitative estimate of drug-likeness (QED) is 0.867. The smallest absolute Gasteiger partial charge is 0.222 e. The molecule has 1 aromatic heterocycles. The standard InChI is InChI=1S/C10H13BrN4/c11-7-3-13-10(14-4-7)15-5-9-8-1-6(8)2-12-9/h3-4,6,8-9,12H,1-2,5H2,(H,13,14,15)/t6-,8-,9+/m0/s1. The minimum atomic E-state index is 0.613. The summed E-state index contributed by atoms with van der Waals surface area (Å²) in [5.74, 6) is 2.56. The van der Waals surface area contributed by atoms with E-state index < -0.39 is 0 Å². The molecule has 0 aromatic carbocycles. The third-order valence-corrected chi connectivity index (χ3v) is 3.65. The van der Waals surface area contributed by atoms with Crippen LogP contribution in [0.4, 0.5) is 5.95 Å². The van der Waals surface area contributed by atoms with Gasteiger partial charge in [0.1, 0.15) is 0 Å². The molecule has 0 spiro atoms. The molecule has 3 atom stereocenters. The second-order valence-electron chi connectivity index (χ2n) is 4.28. The fourth-order valence-electron chi connectivity index (χ4n) is 2.28. The first kappa shape index (κ1) is 9.54. The van der Waals surface area contributed by atoms with Gasteiger partial charge >= 0.3 is 0 Å². The summed E-state index contributed by atoms with van der Waals surface area (Å²) in [5, 5.41) is 6.78. The van der Waals surface area contributed by atoms with E-state index in [-0.39, 0.29) is 0 Å². The van der Waals surface area contributed by atoms with E-state index in [4.69, 9.17) is 0 Å². The van der Waals surface area contributed by atoms with Gasteiger partial charge in [-0.05, 0) is 40.7 Å². The van der Waals surface area contributed by atoms with E-state index in [1.165, 1.54) is 13.0 Å². The summed E-state index contributed by atoms with van der Waals surface area (Å²) in [6.07, 6.45) is 4.93. The van der Waals surface area contributed by atoms with Gasteiger partial charge in [-0.3, -0.25) is 0 Å². The molecule has 0 bridgehead atoms. The van der Waals surface area contributed by atoms with Crippen LogP contribution in [0.3, 0.4) is 0 Å². The summed E-state index contributed by atoms with van der Waals surface area (Å²) < 4.78 is 0.911. The first-order chi connectivity index (χ1) is 7.33. The van der Waals surface area contributed by atoms with Crippen molar-refractivity contribution in [3.05, 3.63) is 16.9 Å². The number of nitrogens with zero attached hydrogens (tertiary/aromatic N) is 2. The number of anilines is 1. The minimum absolute atomic E-state index is 0.613. The number of halogens is 1. The van der Waals surface area contributed by atoms with Crippen LogP contribution in [0.25, 0.3) is 0 Å². The Morgan fingerprint density at radius 2 is 2.27 bits per heavy atom. The van der Waals surface area contributed by atoms with Gasteiger partial charge in [0.25, 0.3) is 0 Å². The van der Waals surface area contributed by atoms with E-state index >= 15 is 0 Å². The average Bonchev–Trinajstić information content (AvgIpc) is 2.93. The van der Waals surface area contributed by atoms with Crippen LogP contribution in [0.5, 0.6) is 0 Å². The number of hydrogen-bond acceptors (Lipinski definition) is 4. The van der Waals surface area contributed by atoms with E-state index in [1.54, 1.807) is 12.4 Å². The van der Waals surface area contributed by atoms with Crippen LogP contribution in [0.2, 0.25) is 0 Å². The summed E-state index contributed by atoms with van der Waals surface area (Å²) in [5.41, 5.74) is 0. The maximum absolute atomic E-state index is 4.18. The molecule has 0 radical (unpaired) electrons. The molecule has 0 unspecified atom stereocenters. The summed E-state index contributed by atoms with van der Waals surface area (Å²) in [6, 6.07) is 0.613. The molecule has 2 N–H and O–H groups in total. The van der Waals surface area contributed by atoms with Crippen LogP contribution >= 0.6 is 15.9 Å². The van der Waals surface area contributed by atoms with Gasteiger partial charge in [0.2, 0.25) is 5.95 Å². The normalized spacial score (nSPS) is 32.5. The van der Waals surface area contributed by atoms with Gasteiger partial charge in [0.05, 0.1) is 4.47 Å². The molecule has 2 aliphatic rings. The van der Waals surface area contributed by atoms with Gasteiger partial charge in [-0.25, -0.2) is 9.97 Å². The molecule has 5 heteroatoms. The summed E-state index contributed by atoms with van der Waals surface area (Å²) in [6.45, 7) is 2.13. The number of aromatic nitrogens is 2. The van der Waals surface area contributed by atoms with Crippen LogP contribution in [-0.4, -0.2) is 29.1 Å². The number of rotatable bonds is 3. The van der Waals surface area contributed by atoms with Gasteiger partial charge in [0, 0.05) is 25.0 Å². The number of fused-ring (bicyclic) bond motifs is 1. The molecule has 1 aliphatic carbocycles. The van der Waals surface area contributed by atoms with Gasteiger partial charge in [-0.1, -0.05) is 0 Å². The van der Waals surface area contributed by atoms with E-state index in [0.717, 1.165) is 22.9 Å². The predicted octanol–water partition coefficient (Wildman–Crippen LogP) is 1.26. The first-order valence-corrected chi connectivity index (χ1v) is 6.07. The Morgan fingerprint density at radius 3 is 2.87 bits per heavy atom.